The summed E-state index contributed by atoms with van der Waals surface area (Å²) >= 11 is 1.02. The van der Waals surface area contributed by atoms with Gasteiger partial charge >= 0.3 is 5.97 Å². The average Bonchev–Trinajstić information content (AvgIpc) is 3.13. The van der Waals surface area contributed by atoms with Gasteiger partial charge in [0.25, 0.3) is 5.91 Å². The molecule has 9 heteroatoms. The summed E-state index contributed by atoms with van der Waals surface area (Å²) in [5.74, 6) is -1.18. The Kier molecular flexibility index (Phi) is 5.64. The highest BCUT2D eigenvalue weighted by Crippen LogP contribution is 2.27. The molecule has 0 unspecified atom stereocenters. The maximum absolute atomic E-state index is 12.8. The van der Waals surface area contributed by atoms with Crippen molar-refractivity contribution in [1.29, 1.82) is 0 Å². The van der Waals surface area contributed by atoms with Crippen molar-refractivity contribution in [2.45, 2.75) is 24.7 Å². The number of carbonyl (C=O) groups is 2. The van der Waals surface area contributed by atoms with Crippen LogP contribution in [-0.4, -0.2) is 42.8 Å². The van der Waals surface area contributed by atoms with Crippen LogP contribution in [0.5, 0.6) is 0 Å². The fraction of sp³-hybridized carbons (Fsp3) is 0.333. The van der Waals surface area contributed by atoms with Crippen LogP contribution >= 0.6 is 11.3 Å². The zero-order valence-corrected chi connectivity index (χ0v) is 16.3. The van der Waals surface area contributed by atoms with Crippen molar-refractivity contribution < 1.29 is 23.1 Å². The van der Waals surface area contributed by atoms with Crippen molar-refractivity contribution in [3.8, 4) is 0 Å². The average molecular weight is 409 g/mol. The summed E-state index contributed by atoms with van der Waals surface area (Å²) in [6, 6.07) is 7.40. The molecule has 2 N–H and O–H groups in total. The van der Waals surface area contributed by atoms with Crippen LogP contribution in [0.2, 0.25) is 0 Å². The molecule has 1 aliphatic rings. The van der Waals surface area contributed by atoms with E-state index in [-0.39, 0.29) is 21.0 Å². The molecule has 0 saturated carbocycles. The van der Waals surface area contributed by atoms with E-state index in [9.17, 15) is 23.1 Å². The number of carbonyl (C=O) groups excluding carboxylic acids is 1. The van der Waals surface area contributed by atoms with Gasteiger partial charge in [-0.05, 0) is 37.0 Å². The summed E-state index contributed by atoms with van der Waals surface area (Å²) < 4.78 is 27.0. The van der Waals surface area contributed by atoms with Crippen LogP contribution in [0, 0.1) is 5.92 Å². The number of amides is 1. The number of sulfonamides is 1. The van der Waals surface area contributed by atoms with E-state index in [0.717, 1.165) is 24.2 Å². The minimum absolute atomic E-state index is 0.0299. The molecule has 144 valence electrons. The number of hydrogen-bond acceptors (Lipinski definition) is 5. The molecule has 1 aliphatic heterocycles. The summed E-state index contributed by atoms with van der Waals surface area (Å²) in [5.41, 5.74) is 0.135. The van der Waals surface area contributed by atoms with E-state index in [1.807, 2.05) is 0 Å². The molecule has 0 spiro atoms. The number of carboxylic acids is 1. The van der Waals surface area contributed by atoms with E-state index >= 15 is 0 Å². The minimum Gasteiger partial charge on any atom is -0.478 e. The molecule has 1 fully saturated rings. The number of piperidine rings is 1. The molecule has 3 rings (SSSR count). The normalized spacial score (nSPS) is 16.2. The molecule has 0 aliphatic carbocycles. The number of hydrogen-bond donors (Lipinski definition) is 2. The first-order chi connectivity index (χ1) is 12.8. The standard InChI is InChI=1S/C18H20N2O5S2/c1-12-6-8-20(9-7-12)27(24,25)13-10-16(26-11-13)17(21)19-15-5-3-2-4-14(15)18(22)23/h2-5,10-12H,6-9H2,1H3,(H,19,21)(H,22,23). The number of aromatic carboxylic acids is 1. The Labute approximate surface area is 161 Å². The Morgan fingerprint density at radius 2 is 1.89 bits per heavy atom. The summed E-state index contributed by atoms with van der Waals surface area (Å²) in [4.78, 5) is 24.0. The molecule has 0 atom stereocenters. The van der Waals surface area contributed by atoms with Crippen molar-refractivity contribution in [2.24, 2.45) is 5.92 Å². The number of para-hydroxylation sites is 1. The number of benzene rings is 1. The first-order valence-corrected chi connectivity index (χ1v) is 10.8. The zero-order chi connectivity index (χ0) is 19.6. The fourth-order valence-electron chi connectivity index (χ4n) is 2.91. The van der Waals surface area contributed by atoms with Crippen LogP contribution in [0.15, 0.2) is 40.6 Å². The minimum atomic E-state index is -3.62. The molecule has 1 aromatic heterocycles. The first kappa shape index (κ1) is 19.5. The number of nitrogens with one attached hydrogen (secondary N) is 1. The van der Waals surface area contributed by atoms with Gasteiger partial charge in [0.15, 0.2) is 0 Å². The Morgan fingerprint density at radius 1 is 1.22 bits per heavy atom. The van der Waals surface area contributed by atoms with Crippen LogP contribution in [0.25, 0.3) is 0 Å². The van der Waals surface area contributed by atoms with Gasteiger partial charge in [0.2, 0.25) is 10.0 Å². The van der Waals surface area contributed by atoms with Crippen LogP contribution in [0.1, 0.15) is 39.8 Å². The van der Waals surface area contributed by atoms with Gasteiger partial charge in [-0.25, -0.2) is 13.2 Å². The number of nitrogens with zero attached hydrogens (tertiary/aromatic N) is 1. The van der Waals surface area contributed by atoms with Gasteiger partial charge < -0.3 is 10.4 Å². The number of anilines is 1. The van der Waals surface area contributed by atoms with Gasteiger partial charge in [-0.3, -0.25) is 4.79 Å². The predicted molar refractivity (Wildman–Crippen MR) is 103 cm³/mol. The molecule has 0 bridgehead atoms. The SMILES string of the molecule is CC1CCN(S(=O)(=O)c2csc(C(=O)Nc3ccccc3C(=O)O)c2)CC1. The van der Waals surface area contributed by atoms with Crippen molar-refractivity contribution in [2.75, 3.05) is 18.4 Å². The Hall–Kier alpha value is -2.23. The van der Waals surface area contributed by atoms with E-state index in [1.54, 1.807) is 12.1 Å². The Morgan fingerprint density at radius 3 is 2.56 bits per heavy atom. The van der Waals surface area contributed by atoms with Crippen molar-refractivity contribution in [3.05, 3.63) is 46.2 Å². The molecule has 0 radical (unpaired) electrons. The van der Waals surface area contributed by atoms with Gasteiger partial charge in [-0.15, -0.1) is 11.3 Å². The van der Waals surface area contributed by atoms with Crippen LogP contribution in [0.4, 0.5) is 5.69 Å². The molecular formula is C18H20N2O5S2. The molecule has 1 saturated heterocycles. The highest BCUT2D eigenvalue weighted by molar-refractivity contribution is 7.89. The summed E-state index contributed by atoms with van der Waals surface area (Å²) in [7, 11) is -3.62. The van der Waals surface area contributed by atoms with Gasteiger partial charge in [-0.2, -0.15) is 4.31 Å². The van der Waals surface area contributed by atoms with Crippen molar-refractivity contribution in [1.82, 2.24) is 4.31 Å². The number of thiophene rings is 1. The van der Waals surface area contributed by atoms with E-state index in [4.69, 9.17) is 0 Å². The van der Waals surface area contributed by atoms with Gasteiger partial charge in [0, 0.05) is 18.5 Å². The van der Waals surface area contributed by atoms with Crippen molar-refractivity contribution in [3.63, 3.8) is 0 Å². The van der Waals surface area contributed by atoms with Crippen LogP contribution in [-0.2, 0) is 10.0 Å². The highest BCUT2D eigenvalue weighted by atomic mass is 32.2. The highest BCUT2D eigenvalue weighted by Gasteiger charge is 2.29. The third-order valence-corrected chi connectivity index (χ3v) is 7.54. The van der Waals surface area contributed by atoms with Crippen LogP contribution in [0.3, 0.4) is 0 Å². The summed E-state index contributed by atoms with van der Waals surface area (Å²) in [6.07, 6.45) is 1.64. The lowest BCUT2D eigenvalue weighted by Crippen LogP contribution is -2.37. The van der Waals surface area contributed by atoms with E-state index in [1.165, 1.54) is 27.9 Å². The molecule has 27 heavy (non-hydrogen) atoms. The molecule has 7 nitrogen and oxygen atoms in total. The van der Waals surface area contributed by atoms with E-state index in [2.05, 4.69) is 12.2 Å². The molecule has 1 aromatic carbocycles. The van der Waals surface area contributed by atoms with Crippen LogP contribution < -0.4 is 5.32 Å². The summed E-state index contributed by atoms with van der Waals surface area (Å²) in [5, 5.41) is 13.2. The monoisotopic (exact) mass is 408 g/mol. The molecule has 1 amide bonds. The van der Waals surface area contributed by atoms with Gasteiger partial charge in [0.1, 0.15) is 0 Å². The number of rotatable bonds is 5. The molecule has 2 heterocycles. The number of carboxylic acid groups (broad SMARTS) is 1. The molecular weight excluding hydrogens is 388 g/mol. The first-order valence-electron chi connectivity index (χ1n) is 8.51. The largest absolute Gasteiger partial charge is 0.478 e. The van der Waals surface area contributed by atoms with Gasteiger partial charge in [0.05, 0.1) is 21.0 Å². The third kappa shape index (κ3) is 4.20. The lowest BCUT2D eigenvalue weighted by molar-refractivity contribution is 0.0698. The topological polar surface area (TPSA) is 104 Å². The fourth-order valence-corrected chi connectivity index (χ4v) is 5.54. The second-order valence-corrected chi connectivity index (χ2v) is 9.39. The van der Waals surface area contributed by atoms with Gasteiger partial charge in [-0.1, -0.05) is 19.1 Å². The quantitative estimate of drug-likeness (QED) is 0.791. The lowest BCUT2D eigenvalue weighted by atomic mass is 10.0. The molecule has 2 aromatic rings. The summed E-state index contributed by atoms with van der Waals surface area (Å²) in [6.45, 7) is 3.06. The zero-order valence-electron chi connectivity index (χ0n) is 14.7. The van der Waals surface area contributed by atoms with Crippen molar-refractivity contribution >= 4 is 38.9 Å². The Balaban J connectivity index is 1.77. The maximum Gasteiger partial charge on any atom is 0.337 e. The predicted octanol–water partition coefficient (Wildman–Crippen LogP) is 3.12. The maximum atomic E-state index is 12.8. The van der Waals surface area contributed by atoms with E-state index < -0.39 is 21.9 Å². The Bertz CT molecular complexity index is 960. The second kappa shape index (κ2) is 7.79. The van der Waals surface area contributed by atoms with E-state index in [0.29, 0.717) is 19.0 Å². The second-order valence-electron chi connectivity index (χ2n) is 6.54. The lowest BCUT2D eigenvalue weighted by Gasteiger charge is -2.29. The third-order valence-electron chi connectivity index (χ3n) is 4.59. The smallest absolute Gasteiger partial charge is 0.337 e.